The van der Waals surface area contributed by atoms with Gasteiger partial charge < -0.3 is 15.0 Å². The van der Waals surface area contributed by atoms with Gasteiger partial charge in [0.15, 0.2) is 0 Å². The number of nitrogens with zero attached hydrogens (tertiary/aromatic N) is 4. The van der Waals surface area contributed by atoms with Crippen LogP contribution >= 0.6 is 0 Å². The van der Waals surface area contributed by atoms with E-state index in [0.29, 0.717) is 49.5 Å². The number of hydrogen-bond acceptors (Lipinski definition) is 5. The third-order valence-electron chi connectivity index (χ3n) is 7.44. The Morgan fingerprint density at radius 2 is 1.62 bits per heavy atom. The molecule has 1 unspecified atom stereocenters. The lowest BCUT2D eigenvalue weighted by atomic mass is 10.1. The summed E-state index contributed by atoms with van der Waals surface area (Å²) in [5.74, 6) is 1.43. The fourth-order valence-electron chi connectivity index (χ4n) is 5.21. The molecule has 5 rings (SSSR count). The first-order valence-corrected chi connectivity index (χ1v) is 13.5. The second-order valence-electron chi connectivity index (χ2n) is 9.95. The number of benzene rings is 3. The van der Waals surface area contributed by atoms with Crippen LogP contribution in [-0.2, 0) is 0 Å². The molecule has 1 N–H and O–H groups in total. The zero-order chi connectivity index (χ0) is 27.5. The van der Waals surface area contributed by atoms with E-state index in [2.05, 4.69) is 17.1 Å². The summed E-state index contributed by atoms with van der Waals surface area (Å²) in [4.78, 5) is 35.9. The molecule has 8 heteroatoms. The van der Waals surface area contributed by atoms with E-state index < -0.39 is 0 Å². The number of carbonyl (C=O) groups is 1. The van der Waals surface area contributed by atoms with Crippen molar-refractivity contribution in [1.82, 2.24) is 19.4 Å². The molecule has 3 aromatic carbocycles. The van der Waals surface area contributed by atoms with E-state index in [9.17, 15) is 9.59 Å². The SMILES string of the molecule is CCOc1ccc(-n2c(C(C)N3CCN(C(=O)Nc4c(C)cccc4C)CC3)nc3ccccc3c2=O)cc1. The molecule has 0 radical (unpaired) electrons. The lowest BCUT2D eigenvalue weighted by Gasteiger charge is -2.38. The van der Waals surface area contributed by atoms with Gasteiger partial charge in [-0.25, -0.2) is 9.78 Å². The molecule has 2 amide bonds. The quantitative estimate of drug-likeness (QED) is 0.369. The van der Waals surface area contributed by atoms with Gasteiger partial charge in [-0.3, -0.25) is 14.3 Å². The van der Waals surface area contributed by atoms with Crippen molar-refractivity contribution in [2.75, 3.05) is 38.1 Å². The van der Waals surface area contributed by atoms with Crippen molar-refractivity contribution < 1.29 is 9.53 Å². The second-order valence-corrected chi connectivity index (χ2v) is 9.95. The van der Waals surface area contributed by atoms with Gasteiger partial charge in [0, 0.05) is 31.9 Å². The largest absolute Gasteiger partial charge is 0.494 e. The molecular weight excluding hydrogens is 490 g/mol. The van der Waals surface area contributed by atoms with Gasteiger partial charge in [-0.15, -0.1) is 0 Å². The van der Waals surface area contributed by atoms with Crippen LogP contribution in [-0.4, -0.2) is 58.2 Å². The van der Waals surface area contributed by atoms with E-state index in [-0.39, 0.29) is 17.6 Å². The summed E-state index contributed by atoms with van der Waals surface area (Å²) in [6.07, 6.45) is 0. The number of ether oxygens (including phenoxy) is 1. The Balaban J connectivity index is 1.39. The number of amides is 2. The highest BCUT2D eigenvalue weighted by atomic mass is 16.5. The first-order valence-electron chi connectivity index (χ1n) is 13.5. The molecule has 1 aliphatic heterocycles. The summed E-state index contributed by atoms with van der Waals surface area (Å²) in [6.45, 7) is 11.1. The van der Waals surface area contributed by atoms with E-state index in [1.807, 2.05) is 92.4 Å². The Labute approximate surface area is 228 Å². The van der Waals surface area contributed by atoms with Crippen molar-refractivity contribution in [2.24, 2.45) is 0 Å². The number of para-hydroxylation sites is 2. The van der Waals surface area contributed by atoms with Gasteiger partial charge in [-0.2, -0.15) is 0 Å². The van der Waals surface area contributed by atoms with Crippen LogP contribution in [0.25, 0.3) is 16.6 Å². The molecule has 0 spiro atoms. The Hall–Kier alpha value is -4.17. The van der Waals surface area contributed by atoms with Gasteiger partial charge in [-0.1, -0.05) is 30.3 Å². The molecule has 1 aromatic heterocycles. The molecule has 0 saturated carbocycles. The van der Waals surface area contributed by atoms with E-state index in [1.165, 1.54) is 0 Å². The van der Waals surface area contributed by atoms with Gasteiger partial charge in [0.2, 0.25) is 0 Å². The standard InChI is InChI=1S/C31H35N5O3/c1-5-39-25-15-13-24(14-16-25)36-29(32-27-12-7-6-11-26(27)30(36)37)23(4)34-17-19-35(20-18-34)31(38)33-28-21(2)9-8-10-22(28)3/h6-16,23H,5,17-20H2,1-4H3,(H,33,38). The monoisotopic (exact) mass is 525 g/mol. The smallest absolute Gasteiger partial charge is 0.321 e. The highest BCUT2D eigenvalue weighted by Crippen LogP contribution is 2.26. The number of urea groups is 1. The fourth-order valence-corrected chi connectivity index (χ4v) is 5.21. The lowest BCUT2D eigenvalue weighted by molar-refractivity contribution is 0.115. The number of aryl methyl sites for hydroxylation is 2. The van der Waals surface area contributed by atoms with E-state index in [4.69, 9.17) is 9.72 Å². The van der Waals surface area contributed by atoms with E-state index >= 15 is 0 Å². The van der Waals surface area contributed by atoms with Crippen molar-refractivity contribution in [3.8, 4) is 11.4 Å². The summed E-state index contributed by atoms with van der Waals surface area (Å²) in [5.41, 5.74) is 4.29. The highest BCUT2D eigenvalue weighted by Gasteiger charge is 2.28. The first-order chi connectivity index (χ1) is 18.9. The van der Waals surface area contributed by atoms with Crippen LogP contribution in [0, 0.1) is 13.8 Å². The molecule has 1 fully saturated rings. The minimum Gasteiger partial charge on any atom is -0.494 e. The van der Waals surface area contributed by atoms with Crippen molar-refractivity contribution in [3.05, 3.63) is 94.0 Å². The average molecular weight is 526 g/mol. The Bertz CT molecular complexity index is 1520. The number of piperazine rings is 1. The van der Waals surface area contributed by atoms with Crippen molar-refractivity contribution >= 4 is 22.6 Å². The molecule has 202 valence electrons. The average Bonchev–Trinajstić information content (AvgIpc) is 2.95. The van der Waals surface area contributed by atoms with Gasteiger partial charge in [0.25, 0.3) is 5.56 Å². The van der Waals surface area contributed by atoms with Crippen LogP contribution in [0.15, 0.2) is 71.5 Å². The number of hydrogen-bond donors (Lipinski definition) is 1. The Morgan fingerprint density at radius 3 is 2.28 bits per heavy atom. The Morgan fingerprint density at radius 1 is 0.949 bits per heavy atom. The van der Waals surface area contributed by atoms with Crippen LogP contribution in [0.4, 0.5) is 10.5 Å². The molecule has 1 aliphatic rings. The van der Waals surface area contributed by atoms with Gasteiger partial charge in [-0.05, 0) is 75.2 Å². The molecule has 1 saturated heterocycles. The van der Waals surface area contributed by atoms with Crippen LogP contribution < -0.4 is 15.6 Å². The summed E-state index contributed by atoms with van der Waals surface area (Å²) in [6, 6.07) is 20.8. The maximum atomic E-state index is 13.7. The molecule has 0 bridgehead atoms. The number of rotatable bonds is 6. The van der Waals surface area contributed by atoms with E-state index in [1.54, 1.807) is 4.57 Å². The fraction of sp³-hybridized carbons (Fsp3) is 0.323. The van der Waals surface area contributed by atoms with Crippen molar-refractivity contribution in [2.45, 2.75) is 33.7 Å². The minimum atomic E-state index is -0.141. The van der Waals surface area contributed by atoms with Gasteiger partial charge >= 0.3 is 6.03 Å². The van der Waals surface area contributed by atoms with Crippen LogP contribution in [0.3, 0.4) is 0 Å². The lowest BCUT2D eigenvalue weighted by Crippen LogP contribution is -2.51. The summed E-state index contributed by atoms with van der Waals surface area (Å²) >= 11 is 0. The molecular formula is C31H35N5O3. The topological polar surface area (TPSA) is 79.7 Å². The van der Waals surface area contributed by atoms with Crippen LogP contribution in [0.2, 0.25) is 0 Å². The molecule has 0 aliphatic carbocycles. The van der Waals surface area contributed by atoms with Gasteiger partial charge in [0.05, 0.1) is 29.2 Å². The molecule has 4 aromatic rings. The maximum absolute atomic E-state index is 13.7. The molecule has 2 heterocycles. The van der Waals surface area contributed by atoms with Crippen molar-refractivity contribution in [3.63, 3.8) is 0 Å². The zero-order valence-corrected chi connectivity index (χ0v) is 23.0. The predicted molar refractivity (Wildman–Crippen MR) is 155 cm³/mol. The minimum absolute atomic E-state index is 0.0881. The Kier molecular flexibility index (Phi) is 7.65. The second kappa shape index (κ2) is 11.3. The van der Waals surface area contributed by atoms with Crippen LogP contribution in [0.5, 0.6) is 5.75 Å². The molecule has 8 nitrogen and oxygen atoms in total. The normalized spacial score (nSPS) is 14.8. The number of carbonyl (C=O) groups excluding carboxylic acids is 1. The summed E-state index contributed by atoms with van der Waals surface area (Å²) < 4.78 is 7.31. The number of anilines is 1. The van der Waals surface area contributed by atoms with Crippen LogP contribution in [0.1, 0.15) is 36.8 Å². The van der Waals surface area contributed by atoms with E-state index in [0.717, 1.165) is 28.3 Å². The highest BCUT2D eigenvalue weighted by molar-refractivity contribution is 5.91. The zero-order valence-electron chi connectivity index (χ0n) is 23.0. The molecule has 39 heavy (non-hydrogen) atoms. The first kappa shape index (κ1) is 26.4. The maximum Gasteiger partial charge on any atom is 0.321 e. The van der Waals surface area contributed by atoms with Gasteiger partial charge in [0.1, 0.15) is 11.6 Å². The number of aromatic nitrogens is 2. The number of nitrogens with one attached hydrogen (secondary N) is 1. The third kappa shape index (κ3) is 5.38. The van der Waals surface area contributed by atoms with Crippen molar-refractivity contribution in [1.29, 1.82) is 0 Å². The summed E-state index contributed by atoms with van der Waals surface area (Å²) in [5, 5.41) is 3.68. The molecule has 1 atom stereocenters. The number of fused-ring (bicyclic) bond motifs is 1. The third-order valence-corrected chi connectivity index (χ3v) is 7.44. The summed E-state index contributed by atoms with van der Waals surface area (Å²) in [7, 11) is 0. The predicted octanol–water partition coefficient (Wildman–Crippen LogP) is 5.31.